The fourth-order valence-electron chi connectivity index (χ4n) is 4.83. The van der Waals surface area contributed by atoms with Crippen LogP contribution < -0.4 is 15.0 Å². The summed E-state index contributed by atoms with van der Waals surface area (Å²) in [6.45, 7) is 4.24. The molecule has 1 amide bonds. The lowest BCUT2D eigenvalue weighted by Gasteiger charge is -2.34. The maximum atomic E-state index is 13.3. The molecule has 0 fully saturated rings. The van der Waals surface area contributed by atoms with Gasteiger partial charge >= 0.3 is 0 Å². The Hall–Kier alpha value is -4.71. The summed E-state index contributed by atoms with van der Waals surface area (Å²) < 4.78 is 6.18. The lowest BCUT2D eigenvalue weighted by atomic mass is 9.93. The summed E-state index contributed by atoms with van der Waals surface area (Å²) in [7, 11) is 0. The van der Waals surface area contributed by atoms with E-state index in [0.717, 1.165) is 27.6 Å². The van der Waals surface area contributed by atoms with E-state index in [4.69, 9.17) is 4.74 Å². The number of pyridine rings is 1. The summed E-state index contributed by atoms with van der Waals surface area (Å²) in [4.78, 5) is 32.9. The lowest BCUT2D eigenvalue weighted by molar-refractivity contribution is 0.0951. The van der Waals surface area contributed by atoms with Gasteiger partial charge in [-0.25, -0.2) is 4.98 Å². The Morgan fingerprint density at radius 2 is 1.84 bits per heavy atom. The summed E-state index contributed by atoms with van der Waals surface area (Å²) in [5.41, 5.74) is 4.52. The predicted molar refractivity (Wildman–Crippen MR) is 144 cm³/mol. The fourth-order valence-corrected chi connectivity index (χ4v) is 4.83. The topological polar surface area (TPSA) is 71.5 Å². The van der Waals surface area contributed by atoms with E-state index in [-0.39, 0.29) is 18.2 Å². The molecule has 6 heteroatoms. The Kier molecular flexibility index (Phi) is 5.57. The van der Waals surface area contributed by atoms with E-state index >= 15 is 0 Å². The molecule has 182 valence electrons. The number of nitrogens with zero attached hydrogens (tertiary/aromatic N) is 2. The first-order valence-electron chi connectivity index (χ1n) is 12.2. The summed E-state index contributed by atoms with van der Waals surface area (Å²) in [6, 6.07) is 23.0. The minimum absolute atomic E-state index is 0.0729. The largest absolute Gasteiger partial charge is 0.481 e. The second-order valence-corrected chi connectivity index (χ2v) is 9.37. The molecule has 6 nitrogen and oxygen atoms in total. The Morgan fingerprint density at radius 1 is 1.00 bits per heavy atom. The van der Waals surface area contributed by atoms with Gasteiger partial charge in [0.05, 0.1) is 17.7 Å². The number of hydrogen-bond donors (Lipinski definition) is 1. The van der Waals surface area contributed by atoms with Gasteiger partial charge in [0.2, 0.25) is 0 Å². The Balaban J connectivity index is 1.32. The van der Waals surface area contributed by atoms with Crippen molar-refractivity contribution in [3.8, 4) is 5.75 Å². The molecule has 2 aliphatic rings. The van der Waals surface area contributed by atoms with Crippen LogP contribution in [0.15, 0.2) is 103 Å². The van der Waals surface area contributed by atoms with E-state index in [0.29, 0.717) is 28.3 Å². The third-order valence-corrected chi connectivity index (χ3v) is 6.77. The third-order valence-electron chi connectivity index (χ3n) is 6.77. The Bertz CT molecular complexity index is 1640. The van der Waals surface area contributed by atoms with E-state index in [1.807, 2.05) is 67.3 Å². The van der Waals surface area contributed by atoms with Gasteiger partial charge in [-0.1, -0.05) is 48.0 Å². The average Bonchev–Trinajstić information content (AvgIpc) is 2.91. The molecule has 2 aliphatic heterocycles. The Morgan fingerprint density at radius 3 is 2.70 bits per heavy atom. The molecule has 6 rings (SSSR count). The number of anilines is 1. The smallest absolute Gasteiger partial charge is 0.251 e. The minimum Gasteiger partial charge on any atom is -0.481 e. The molecule has 0 saturated heterocycles. The van der Waals surface area contributed by atoms with Crippen LogP contribution in [0.3, 0.4) is 0 Å². The van der Waals surface area contributed by atoms with Crippen molar-refractivity contribution in [3.63, 3.8) is 0 Å². The first-order valence-corrected chi connectivity index (χ1v) is 12.2. The molecule has 1 atom stereocenters. The van der Waals surface area contributed by atoms with Gasteiger partial charge < -0.3 is 15.0 Å². The van der Waals surface area contributed by atoms with Crippen molar-refractivity contribution in [2.75, 3.05) is 11.4 Å². The number of ketones is 1. The van der Waals surface area contributed by atoms with Crippen LogP contribution in [0.5, 0.6) is 5.75 Å². The first kappa shape index (κ1) is 22.7. The molecule has 0 bridgehead atoms. The van der Waals surface area contributed by atoms with E-state index in [2.05, 4.69) is 28.5 Å². The number of benzene rings is 3. The standard InChI is InChI=1S/C31H25N3O3/c1-19-9-10-21-11-12-22(15-23(21)14-19)31(36)33-17-24-16-28-26(18-34(24)30-20(2)6-5-13-32-30)29(35)25-7-3-4-8-27(25)37-28/h3-16,18,28H,17H2,1-2H3,(H,33,36)/t28-/m1/s1. The summed E-state index contributed by atoms with van der Waals surface area (Å²) >= 11 is 0. The number of para-hydroxylation sites is 1. The van der Waals surface area contributed by atoms with E-state index in [1.54, 1.807) is 24.5 Å². The van der Waals surface area contributed by atoms with Crippen LogP contribution in [-0.2, 0) is 0 Å². The maximum absolute atomic E-state index is 13.3. The average molecular weight is 488 g/mol. The number of Topliss-reactive ketones (excluding diaryl/α,β-unsaturated/α-hetero) is 1. The molecular formula is C31H25N3O3. The number of rotatable bonds is 4. The molecular weight excluding hydrogens is 462 g/mol. The van der Waals surface area contributed by atoms with Crippen LogP contribution in [0.2, 0.25) is 0 Å². The van der Waals surface area contributed by atoms with E-state index in [9.17, 15) is 9.59 Å². The van der Waals surface area contributed by atoms with Crippen molar-refractivity contribution < 1.29 is 14.3 Å². The molecule has 0 spiro atoms. The highest BCUT2D eigenvalue weighted by molar-refractivity contribution is 6.13. The monoisotopic (exact) mass is 487 g/mol. The van der Waals surface area contributed by atoms with Crippen molar-refractivity contribution in [3.05, 3.63) is 125 Å². The van der Waals surface area contributed by atoms with Crippen LogP contribution >= 0.6 is 0 Å². The third kappa shape index (κ3) is 4.16. The number of amides is 1. The van der Waals surface area contributed by atoms with Crippen LogP contribution in [-0.4, -0.2) is 29.3 Å². The number of carbonyl (C=O) groups excluding carboxylic acids is 2. The maximum Gasteiger partial charge on any atom is 0.251 e. The Labute approximate surface area is 214 Å². The molecule has 3 heterocycles. The van der Waals surface area contributed by atoms with Crippen LogP contribution in [0.4, 0.5) is 5.82 Å². The number of aromatic nitrogens is 1. The highest BCUT2D eigenvalue weighted by atomic mass is 16.5. The van der Waals surface area contributed by atoms with E-state index in [1.165, 1.54) is 0 Å². The second-order valence-electron chi connectivity index (χ2n) is 9.37. The van der Waals surface area contributed by atoms with E-state index < -0.39 is 6.10 Å². The number of fused-ring (bicyclic) bond motifs is 3. The normalized spacial score (nSPS) is 16.3. The zero-order valence-electron chi connectivity index (χ0n) is 20.6. The molecule has 4 aromatic rings. The highest BCUT2D eigenvalue weighted by Gasteiger charge is 2.35. The number of ether oxygens (including phenoxy) is 1. The molecule has 0 saturated carbocycles. The molecule has 3 aromatic carbocycles. The molecule has 0 unspecified atom stereocenters. The molecule has 1 aromatic heterocycles. The zero-order valence-corrected chi connectivity index (χ0v) is 20.6. The van der Waals surface area contributed by atoms with Gasteiger partial charge in [-0.05, 0) is 66.6 Å². The van der Waals surface area contributed by atoms with Gasteiger partial charge in [0.1, 0.15) is 17.7 Å². The minimum atomic E-state index is -0.543. The van der Waals surface area contributed by atoms with Crippen molar-refractivity contribution in [2.24, 2.45) is 0 Å². The van der Waals surface area contributed by atoms with Crippen LogP contribution in [0, 0.1) is 13.8 Å². The van der Waals surface area contributed by atoms with Crippen molar-refractivity contribution in [2.45, 2.75) is 20.0 Å². The zero-order chi connectivity index (χ0) is 25.5. The highest BCUT2D eigenvalue weighted by Crippen LogP contribution is 2.36. The quantitative estimate of drug-likeness (QED) is 0.411. The van der Waals surface area contributed by atoms with Crippen molar-refractivity contribution in [1.82, 2.24) is 10.3 Å². The van der Waals surface area contributed by atoms with Crippen molar-refractivity contribution >= 4 is 28.3 Å². The molecule has 0 aliphatic carbocycles. The summed E-state index contributed by atoms with van der Waals surface area (Å²) in [5, 5.41) is 5.16. The first-order chi connectivity index (χ1) is 18.0. The number of carbonyl (C=O) groups is 2. The summed E-state index contributed by atoms with van der Waals surface area (Å²) in [6.07, 6.45) is 4.85. The lowest BCUT2D eigenvalue weighted by Crippen LogP contribution is -2.39. The number of aryl methyl sites for hydroxylation is 2. The predicted octanol–water partition coefficient (Wildman–Crippen LogP) is 5.51. The number of nitrogens with one attached hydrogen (secondary N) is 1. The fraction of sp³-hybridized carbons (Fsp3) is 0.129. The SMILES string of the molecule is Cc1ccc2ccc(C(=O)NCC3=C[C@H]4Oc5ccccc5C(=O)C4=CN3c3ncccc3C)cc2c1. The van der Waals surface area contributed by atoms with Gasteiger partial charge in [0.15, 0.2) is 5.78 Å². The molecule has 0 radical (unpaired) electrons. The molecule has 1 N–H and O–H groups in total. The van der Waals surface area contributed by atoms with Gasteiger partial charge in [0, 0.05) is 23.7 Å². The van der Waals surface area contributed by atoms with Gasteiger partial charge in [-0.2, -0.15) is 0 Å². The second kappa shape index (κ2) is 9.06. The van der Waals surface area contributed by atoms with Crippen molar-refractivity contribution in [1.29, 1.82) is 0 Å². The van der Waals surface area contributed by atoms with Crippen LogP contribution in [0.1, 0.15) is 31.8 Å². The molecule has 37 heavy (non-hydrogen) atoms. The summed E-state index contributed by atoms with van der Waals surface area (Å²) in [5.74, 6) is 1.00. The van der Waals surface area contributed by atoms with Gasteiger partial charge in [-0.15, -0.1) is 0 Å². The number of hydrogen-bond acceptors (Lipinski definition) is 5. The van der Waals surface area contributed by atoms with Gasteiger partial charge in [0.25, 0.3) is 5.91 Å². The van der Waals surface area contributed by atoms with Crippen LogP contribution in [0.25, 0.3) is 10.8 Å². The van der Waals surface area contributed by atoms with Gasteiger partial charge in [-0.3, -0.25) is 9.59 Å².